The molecule has 0 unspecified atom stereocenters. The van der Waals surface area contributed by atoms with Crippen LogP contribution in [-0.4, -0.2) is 17.4 Å². The SMILES string of the molecule is Cc1nc2c(o1)CC(C)(C)CNC2=O. The molecule has 14 heavy (non-hydrogen) atoms. The summed E-state index contributed by atoms with van der Waals surface area (Å²) < 4.78 is 5.42. The van der Waals surface area contributed by atoms with Crippen molar-refractivity contribution in [2.45, 2.75) is 27.2 Å². The Labute approximate surface area is 82.7 Å². The molecule has 0 fully saturated rings. The van der Waals surface area contributed by atoms with Crippen LogP contribution in [0.25, 0.3) is 0 Å². The first-order valence-corrected chi connectivity index (χ1v) is 4.72. The number of hydrogen-bond donors (Lipinski definition) is 1. The third-order valence-corrected chi connectivity index (χ3v) is 2.39. The largest absolute Gasteiger partial charge is 0.445 e. The summed E-state index contributed by atoms with van der Waals surface area (Å²) in [5.74, 6) is 1.15. The maximum Gasteiger partial charge on any atom is 0.273 e. The van der Waals surface area contributed by atoms with E-state index in [0.717, 1.165) is 6.42 Å². The molecule has 1 aromatic heterocycles. The molecule has 1 aromatic rings. The summed E-state index contributed by atoms with van der Waals surface area (Å²) in [6, 6.07) is 0. The molecule has 2 heterocycles. The number of aromatic nitrogens is 1. The number of nitrogens with zero attached hydrogens (tertiary/aromatic N) is 1. The lowest BCUT2D eigenvalue weighted by atomic mass is 9.89. The number of carbonyl (C=O) groups excluding carboxylic acids is 1. The van der Waals surface area contributed by atoms with Gasteiger partial charge in [0, 0.05) is 19.9 Å². The van der Waals surface area contributed by atoms with Crippen molar-refractivity contribution < 1.29 is 9.21 Å². The van der Waals surface area contributed by atoms with Gasteiger partial charge in [-0.05, 0) is 5.41 Å². The lowest BCUT2D eigenvalue weighted by Crippen LogP contribution is -2.31. The van der Waals surface area contributed by atoms with Crippen LogP contribution in [0.2, 0.25) is 0 Å². The van der Waals surface area contributed by atoms with Gasteiger partial charge < -0.3 is 9.73 Å². The van der Waals surface area contributed by atoms with Gasteiger partial charge in [-0.2, -0.15) is 0 Å². The Morgan fingerprint density at radius 3 is 2.93 bits per heavy atom. The van der Waals surface area contributed by atoms with Gasteiger partial charge in [0.05, 0.1) is 0 Å². The summed E-state index contributed by atoms with van der Waals surface area (Å²) in [5, 5.41) is 2.84. The minimum Gasteiger partial charge on any atom is -0.445 e. The highest BCUT2D eigenvalue weighted by Crippen LogP contribution is 2.26. The molecule has 2 rings (SSSR count). The van der Waals surface area contributed by atoms with Crippen molar-refractivity contribution >= 4 is 5.91 Å². The summed E-state index contributed by atoms with van der Waals surface area (Å²) in [4.78, 5) is 15.7. The fraction of sp³-hybridized carbons (Fsp3) is 0.600. The van der Waals surface area contributed by atoms with Crippen LogP contribution < -0.4 is 5.32 Å². The second-order valence-electron chi connectivity index (χ2n) is 4.53. The third kappa shape index (κ3) is 1.52. The number of aryl methyl sites for hydroxylation is 1. The lowest BCUT2D eigenvalue weighted by Gasteiger charge is -2.20. The highest BCUT2D eigenvalue weighted by Gasteiger charge is 2.30. The van der Waals surface area contributed by atoms with E-state index in [1.165, 1.54) is 0 Å². The normalized spacial score (nSPS) is 19.8. The van der Waals surface area contributed by atoms with Crippen LogP contribution in [0.1, 0.15) is 36.0 Å². The van der Waals surface area contributed by atoms with Crippen LogP contribution in [0.15, 0.2) is 4.42 Å². The molecule has 0 spiro atoms. The second kappa shape index (κ2) is 2.83. The van der Waals surface area contributed by atoms with Crippen molar-refractivity contribution in [1.82, 2.24) is 10.3 Å². The van der Waals surface area contributed by atoms with Crippen molar-refractivity contribution in [3.63, 3.8) is 0 Å². The molecule has 0 atom stereocenters. The van der Waals surface area contributed by atoms with Crippen molar-refractivity contribution in [1.29, 1.82) is 0 Å². The number of oxazole rings is 1. The first kappa shape index (κ1) is 9.24. The fourth-order valence-electron chi connectivity index (χ4n) is 1.67. The van der Waals surface area contributed by atoms with Crippen molar-refractivity contribution in [3.8, 4) is 0 Å². The molecular weight excluding hydrogens is 180 g/mol. The van der Waals surface area contributed by atoms with E-state index in [4.69, 9.17) is 4.42 Å². The lowest BCUT2D eigenvalue weighted by molar-refractivity contribution is 0.0940. The summed E-state index contributed by atoms with van der Waals surface area (Å²) in [7, 11) is 0. The Balaban J connectivity index is 2.45. The topological polar surface area (TPSA) is 55.1 Å². The Kier molecular flexibility index (Phi) is 1.87. The number of rotatable bonds is 0. The molecule has 4 nitrogen and oxygen atoms in total. The Bertz CT molecular complexity index is 379. The van der Waals surface area contributed by atoms with Gasteiger partial charge in [0.2, 0.25) is 0 Å². The molecule has 0 bridgehead atoms. The maximum atomic E-state index is 11.6. The Morgan fingerprint density at radius 1 is 1.50 bits per heavy atom. The van der Waals surface area contributed by atoms with Crippen LogP contribution in [0.5, 0.6) is 0 Å². The molecule has 76 valence electrons. The summed E-state index contributed by atoms with van der Waals surface area (Å²) in [6.07, 6.45) is 0.752. The molecule has 0 radical (unpaired) electrons. The number of nitrogens with one attached hydrogen (secondary N) is 1. The van der Waals surface area contributed by atoms with Crippen LogP contribution in [-0.2, 0) is 6.42 Å². The van der Waals surface area contributed by atoms with Gasteiger partial charge in [-0.1, -0.05) is 13.8 Å². The van der Waals surface area contributed by atoms with Gasteiger partial charge in [0.1, 0.15) is 5.76 Å². The van der Waals surface area contributed by atoms with Crippen LogP contribution in [0, 0.1) is 12.3 Å². The highest BCUT2D eigenvalue weighted by atomic mass is 16.4. The molecule has 1 aliphatic heterocycles. The zero-order chi connectivity index (χ0) is 10.3. The van der Waals surface area contributed by atoms with Crippen molar-refractivity contribution in [3.05, 3.63) is 17.3 Å². The Morgan fingerprint density at radius 2 is 2.21 bits per heavy atom. The highest BCUT2D eigenvalue weighted by molar-refractivity contribution is 5.93. The zero-order valence-electron chi connectivity index (χ0n) is 8.68. The summed E-state index contributed by atoms with van der Waals surface area (Å²) in [5.41, 5.74) is 0.487. The minimum absolute atomic E-state index is 0.0346. The second-order valence-corrected chi connectivity index (χ2v) is 4.53. The summed E-state index contributed by atoms with van der Waals surface area (Å²) in [6.45, 7) is 6.62. The zero-order valence-corrected chi connectivity index (χ0v) is 8.68. The average Bonchev–Trinajstić information content (AvgIpc) is 2.37. The third-order valence-electron chi connectivity index (χ3n) is 2.39. The quantitative estimate of drug-likeness (QED) is 0.677. The van der Waals surface area contributed by atoms with E-state index in [-0.39, 0.29) is 11.3 Å². The molecule has 4 heteroatoms. The Hall–Kier alpha value is -1.32. The molecule has 1 aliphatic rings. The van der Waals surface area contributed by atoms with Gasteiger partial charge in [-0.25, -0.2) is 4.98 Å². The number of fused-ring (bicyclic) bond motifs is 1. The molecule has 0 aromatic carbocycles. The van der Waals surface area contributed by atoms with Crippen LogP contribution >= 0.6 is 0 Å². The minimum atomic E-state index is -0.123. The van der Waals surface area contributed by atoms with Crippen molar-refractivity contribution in [2.75, 3.05) is 6.54 Å². The standard InChI is InChI=1S/C10H14N2O2/c1-6-12-8-7(14-6)4-10(2,3)5-11-9(8)13/h4-5H2,1-3H3,(H,11,13). The van der Waals surface area contributed by atoms with Gasteiger partial charge in [-0.3, -0.25) is 4.79 Å². The van der Waals surface area contributed by atoms with Gasteiger partial charge in [0.25, 0.3) is 5.91 Å². The number of hydrogen-bond acceptors (Lipinski definition) is 3. The van der Waals surface area contributed by atoms with Gasteiger partial charge >= 0.3 is 0 Å². The first-order valence-electron chi connectivity index (χ1n) is 4.72. The smallest absolute Gasteiger partial charge is 0.273 e. The molecule has 0 saturated heterocycles. The predicted octanol–water partition coefficient (Wildman–Crippen LogP) is 1.30. The number of carbonyl (C=O) groups is 1. The monoisotopic (exact) mass is 194 g/mol. The average molecular weight is 194 g/mol. The van der Waals surface area contributed by atoms with Gasteiger partial charge in [0.15, 0.2) is 11.6 Å². The predicted molar refractivity (Wildman–Crippen MR) is 51.1 cm³/mol. The van der Waals surface area contributed by atoms with E-state index >= 15 is 0 Å². The molecule has 0 saturated carbocycles. The molecule has 0 aliphatic carbocycles. The van der Waals surface area contributed by atoms with E-state index in [2.05, 4.69) is 24.1 Å². The fourth-order valence-corrected chi connectivity index (χ4v) is 1.67. The van der Waals surface area contributed by atoms with Crippen LogP contribution in [0.3, 0.4) is 0 Å². The molecular formula is C10H14N2O2. The maximum absolute atomic E-state index is 11.6. The van der Waals surface area contributed by atoms with E-state index in [9.17, 15) is 4.79 Å². The van der Waals surface area contributed by atoms with E-state index < -0.39 is 0 Å². The van der Waals surface area contributed by atoms with Crippen LogP contribution in [0.4, 0.5) is 0 Å². The van der Waals surface area contributed by atoms with Gasteiger partial charge in [-0.15, -0.1) is 0 Å². The first-order chi connectivity index (χ1) is 6.48. The van der Waals surface area contributed by atoms with E-state index in [0.29, 0.717) is 23.9 Å². The summed E-state index contributed by atoms with van der Waals surface area (Å²) >= 11 is 0. The number of amides is 1. The molecule has 1 N–H and O–H groups in total. The van der Waals surface area contributed by atoms with E-state index in [1.54, 1.807) is 6.92 Å². The van der Waals surface area contributed by atoms with Crippen molar-refractivity contribution in [2.24, 2.45) is 5.41 Å². The molecule has 1 amide bonds. The van der Waals surface area contributed by atoms with E-state index in [1.807, 2.05) is 0 Å².